The first kappa shape index (κ1) is 12.7. The maximum absolute atomic E-state index is 11.8. The van der Waals surface area contributed by atoms with Crippen molar-refractivity contribution in [3.8, 4) is 0 Å². The molecule has 0 aliphatic carbocycles. The second kappa shape index (κ2) is 4.51. The maximum Gasteiger partial charge on any atom is 0.245 e. The quantitative estimate of drug-likeness (QED) is 0.869. The van der Waals surface area contributed by atoms with E-state index < -0.39 is 5.54 Å². The monoisotopic (exact) mass is 264 g/mol. The van der Waals surface area contributed by atoms with Gasteiger partial charge in [-0.25, -0.2) is 9.97 Å². The lowest BCUT2D eigenvalue weighted by atomic mass is 10.1. The van der Waals surface area contributed by atoms with Crippen LogP contribution in [0.3, 0.4) is 0 Å². The van der Waals surface area contributed by atoms with Gasteiger partial charge in [0.2, 0.25) is 5.91 Å². The normalized spacial score (nSPS) is 11.6. The first-order valence-electron chi connectivity index (χ1n) is 5.40. The highest BCUT2D eigenvalue weighted by Crippen LogP contribution is 2.21. The number of amides is 1. The van der Waals surface area contributed by atoms with E-state index in [1.54, 1.807) is 26.0 Å². The van der Waals surface area contributed by atoms with Gasteiger partial charge in [0.05, 0.1) is 16.6 Å². The summed E-state index contributed by atoms with van der Waals surface area (Å²) in [6.45, 7) is 3.20. The van der Waals surface area contributed by atoms with E-state index in [0.29, 0.717) is 11.0 Å². The van der Waals surface area contributed by atoms with E-state index >= 15 is 0 Å². The number of nitrogens with zero attached hydrogens (tertiary/aromatic N) is 2. The van der Waals surface area contributed by atoms with Crippen LogP contribution in [0.2, 0.25) is 5.15 Å². The lowest BCUT2D eigenvalue weighted by molar-refractivity contribution is -0.120. The first-order valence-corrected chi connectivity index (χ1v) is 5.78. The minimum Gasteiger partial charge on any atom is -0.318 e. The lowest BCUT2D eigenvalue weighted by Crippen LogP contribution is -2.45. The molecule has 6 heteroatoms. The van der Waals surface area contributed by atoms with Gasteiger partial charge in [0.25, 0.3) is 0 Å². The Bertz CT molecular complexity index is 607. The summed E-state index contributed by atoms with van der Waals surface area (Å²) in [6, 6.07) is 7.27. The number of nitrogens with two attached hydrogens (primary N) is 1. The van der Waals surface area contributed by atoms with E-state index in [2.05, 4.69) is 15.3 Å². The fourth-order valence-corrected chi connectivity index (χ4v) is 1.51. The molecule has 0 saturated heterocycles. The molecule has 3 N–H and O–H groups in total. The number of anilines is 1. The first-order chi connectivity index (χ1) is 8.38. The highest BCUT2D eigenvalue weighted by atomic mass is 35.5. The van der Waals surface area contributed by atoms with Gasteiger partial charge in [-0.2, -0.15) is 0 Å². The molecule has 0 spiro atoms. The molecule has 1 amide bonds. The summed E-state index contributed by atoms with van der Waals surface area (Å²) in [5.41, 5.74) is 6.02. The predicted octanol–water partition coefficient (Wildman–Crippen LogP) is 1.96. The van der Waals surface area contributed by atoms with Crippen molar-refractivity contribution < 1.29 is 4.79 Å². The van der Waals surface area contributed by atoms with Crippen molar-refractivity contribution >= 4 is 34.4 Å². The third-order valence-electron chi connectivity index (χ3n) is 2.35. The summed E-state index contributed by atoms with van der Waals surface area (Å²) in [5.74, 6) is -0.145. The molecule has 2 aromatic rings. The van der Waals surface area contributed by atoms with E-state index in [-0.39, 0.29) is 16.9 Å². The van der Waals surface area contributed by atoms with Crippen LogP contribution in [0.1, 0.15) is 13.8 Å². The third kappa shape index (κ3) is 2.57. The van der Waals surface area contributed by atoms with Gasteiger partial charge in [-0.3, -0.25) is 4.79 Å². The van der Waals surface area contributed by atoms with Crippen LogP contribution in [0.15, 0.2) is 24.3 Å². The van der Waals surface area contributed by atoms with E-state index in [0.717, 1.165) is 0 Å². The molecule has 94 valence electrons. The number of para-hydroxylation sites is 2. The minimum atomic E-state index is -1.00. The minimum absolute atomic E-state index is 0.145. The number of nitrogens with one attached hydrogen (secondary N) is 1. The Kier molecular flexibility index (Phi) is 3.19. The summed E-state index contributed by atoms with van der Waals surface area (Å²) >= 11 is 5.97. The molecule has 0 unspecified atom stereocenters. The van der Waals surface area contributed by atoms with Crippen LogP contribution in [-0.2, 0) is 4.79 Å². The Morgan fingerprint density at radius 3 is 2.39 bits per heavy atom. The number of hydrogen-bond acceptors (Lipinski definition) is 4. The van der Waals surface area contributed by atoms with Crippen molar-refractivity contribution in [2.75, 3.05) is 5.32 Å². The van der Waals surface area contributed by atoms with Crippen LogP contribution in [0, 0.1) is 0 Å². The van der Waals surface area contributed by atoms with Crippen molar-refractivity contribution in [3.05, 3.63) is 29.4 Å². The standard InChI is InChI=1S/C12H13ClN4O/c1-12(2,14)11(18)17-10-9(13)15-7-5-3-4-6-8(7)16-10/h3-6H,14H2,1-2H3,(H,16,17,18). The highest BCUT2D eigenvalue weighted by molar-refractivity contribution is 6.32. The molecule has 2 rings (SSSR count). The van der Waals surface area contributed by atoms with Crippen LogP contribution in [0.25, 0.3) is 11.0 Å². The number of halogens is 1. The van der Waals surface area contributed by atoms with E-state index in [9.17, 15) is 4.79 Å². The Morgan fingerprint density at radius 2 is 1.83 bits per heavy atom. The van der Waals surface area contributed by atoms with Crippen molar-refractivity contribution in [2.45, 2.75) is 19.4 Å². The zero-order valence-corrected chi connectivity index (χ0v) is 10.8. The summed E-state index contributed by atoms with van der Waals surface area (Å²) in [4.78, 5) is 20.2. The molecule has 1 aromatic heterocycles. The number of carbonyl (C=O) groups is 1. The predicted molar refractivity (Wildman–Crippen MR) is 71.4 cm³/mol. The van der Waals surface area contributed by atoms with Crippen LogP contribution in [-0.4, -0.2) is 21.4 Å². The van der Waals surface area contributed by atoms with Crippen LogP contribution < -0.4 is 11.1 Å². The fraction of sp³-hybridized carbons (Fsp3) is 0.250. The Morgan fingerprint density at radius 1 is 1.28 bits per heavy atom. The summed E-state index contributed by atoms with van der Waals surface area (Å²) < 4.78 is 0. The topological polar surface area (TPSA) is 80.9 Å². The smallest absolute Gasteiger partial charge is 0.245 e. The molecular weight excluding hydrogens is 252 g/mol. The average Bonchev–Trinajstić information content (AvgIpc) is 2.28. The average molecular weight is 265 g/mol. The molecule has 0 aliphatic heterocycles. The van der Waals surface area contributed by atoms with Gasteiger partial charge in [-0.15, -0.1) is 0 Å². The third-order valence-corrected chi connectivity index (χ3v) is 2.61. The van der Waals surface area contributed by atoms with Gasteiger partial charge in [0.1, 0.15) is 0 Å². The van der Waals surface area contributed by atoms with Crippen molar-refractivity contribution in [1.29, 1.82) is 0 Å². The van der Waals surface area contributed by atoms with Gasteiger partial charge in [-0.05, 0) is 26.0 Å². The summed E-state index contributed by atoms with van der Waals surface area (Å²) in [7, 11) is 0. The summed E-state index contributed by atoms with van der Waals surface area (Å²) in [6.07, 6.45) is 0. The second-order valence-corrected chi connectivity index (χ2v) is 4.89. The zero-order valence-electron chi connectivity index (χ0n) is 10.1. The van der Waals surface area contributed by atoms with E-state index in [1.807, 2.05) is 12.1 Å². The van der Waals surface area contributed by atoms with Crippen molar-refractivity contribution in [3.63, 3.8) is 0 Å². The maximum atomic E-state index is 11.8. The van der Waals surface area contributed by atoms with Gasteiger partial charge in [0.15, 0.2) is 11.0 Å². The number of rotatable bonds is 2. The van der Waals surface area contributed by atoms with Crippen LogP contribution in [0.4, 0.5) is 5.82 Å². The molecule has 1 heterocycles. The number of fused-ring (bicyclic) bond motifs is 1. The van der Waals surface area contributed by atoms with Gasteiger partial charge in [0, 0.05) is 0 Å². The SMILES string of the molecule is CC(C)(N)C(=O)Nc1nc2ccccc2nc1Cl. The molecule has 5 nitrogen and oxygen atoms in total. The molecule has 0 radical (unpaired) electrons. The lowest BCUT2D eigenvalue weighted by Gasteiger charge is -2.17. The number of benzene rings is 1. The molecule has 0 bridgehead atoms. The molecule has 1 aromatic carbocycles. The number of hydrogen-bond donors (Lipinski definition) is 2. The number of aromatic nitrogens is 2. The van der Waals surface area contributed by atoms with Crippen molar-refractivity contribution in [1.82, 2.24) is 9.97 Å². The molecule has 0 fully saturated rings. The van der Waals surface area contributed by atoms with Crippen LogP contribution in [0.5, 0.6) is 0 Å². The number of carbonyl (C=O) groups excluding carboxylic acids is 1. The summed E-state index contributed by atoms with van der Waals surface area (Å²) in [5, 5.41) is 2.72. The van der Waals surface area contributed by atoms with Crippen molar-refractivity contribution in [2.24, 2.45) is 5.73 Å². The molecule has 0 saturated carbocycles. The highest BCUT2D eigenvalue weighted by Gasteiger charge is 2.23. The second-order valence-electron chi connectivity index (χ2n) is 4.53. The Hall–Kier alpha value is -1.72. The zero-order chi connectivity index (χ0) is 13.3. The molecule has 0 aliphatic rings. The Balaban J connectivity index is 2.40. The largest absolute Gasteiger partial charge is 0.318 e. The molecule has 18 heavy (non-hydrogen) atoms. The van der Waals surface area contributed by atoms with Gasteiger partial charge >= 0.3 is 0 Å². The molecule has 0 atom stereocenters. The van der Waals surface area contributed by atoms with Gasteiger partial charge < -0.3 is 11.1 Å². The van der Waals surface area contributed by atoms with Gasteiger partial charge in [-0.1, -0.05) is 23.7 Å². The van der Waals surface area contributed by atoms with Crippen LogP contribution >= 0.6 is 11.6 Å². The Labute approximate surface area is 109 Å². The van der Waals surface area contributed by atoms with E-state index in [4.69, 9.17) is 17.3 Å². The fourth-order valence-electron chi connectivity index (χ4n) is 1.33. The van der Waals surface area contributed by atoms with E-state index in [1.165, 1.54) is 0 Å². The molecular formula is C12H13ClN4O.